The Kier molecular flexibility index (Phi) is 5.26. The van der Waals surface area contributed by atoms with Crippen molar-refractivity contribution in [3.63, 3.8) is 0 Å². The zero-order valence-electron chi connectivity index (χ0n) is 8.83. The highest BCUT2D eigenvalue weighted by molar-refractivity contribution is 6.17. The van der Waals surface area contributed by atoms with Gasteiger partial charge in [-0.15, -0.1) is 11.6 Å². The maximum atomic E-state index is 13.4. The van der Waals surface area contributed by atoms with Gasteiger partial charge in [-0.05, 0) is 18.9 Å². The fourth-order valence-electron chi connectivity index (χ4n) is 1.61. The topological polar surface area (TPSA) is 37.3 Å². The minimum Gasteiger partial charge on any atom is -0.481 e. The number of carbonyl (C=O) groups is 1. The molecule has 1 rings (SSSR count). The first-order valence-electron chi connectivity index (χ1n) is 5.20. The van der Waals surface area contributed by atoms with E-state index in [1.54, 1.807) is 12.1 Å². The summed E-state index contributed by atoms with van der Waals surface area (Å²) in [6.45, 7) is 0. The lowest BCUT2D eigenvalue weighted by molar-refractivity contribution is -0.139. The highest BCUT2D eigenvalue weighted by atomic mass is 35.5. The van der Waals surface area contributed by atoms with Crippen molar-refractivity contribution < 1.29 is 14.3 Å². The number of hydrogen-bond acceptors (Lipinski definition) is 1. The van der Waals surface area contributed by atoms with Crippen LogP contribution < -0.4 is 0 Å². The standard InChI is InChI=1S/C12H14ClFO2/c13-8-4-3-6-10(12(15)16)9-5-1-2-7-11(9)14/h1-2,5,7,10H,3-4,6,8H2,(H,15,16). The van der Waals surface area contributed by atoms with Gasteiger partial charge in [0.2, 0.25) is 0 Å². The molecule has 16 heavy (non-hydrogen) atoms. The number of carboxylic acids is 1. The summed E-state index contributed by atoms with van der Waals surface area (Å²) in [6.07, 6.45) is 1.86. The van der Waals surface area contributed by atoms with Gasteiger partial charge in [-0.1, -0.05) is 24.6 Å². The summed E-state index contributed by atoms with van der Waals surface area (Å²) in [7, 11) is 0. The quantitative estimate of drug-likeness (QED) is 0.615. The summed E-state index contributed by atoms with van der Waals surface area (Å²) < 4.78 is 13.4. The summed E-state index contributed by atoms with van der Waals surface area (Å²) in [5.74, 6) is -1.71. The number of aliphatic carboxylic acids is 1. The molecule has 0 saturated heterocycles. The second-order valence-corrected chi connectivity index (χ2v) is 3.98. The van der Waals surface area contributed by atoms with Crippen LogP contribution in [-0.2, 0) is 4.79 Å². The molecule has 0 amide bonds. The summed E-state index contributed by atoms with van der Waals surface area (Å²) in [6, 6.07) is 6.01. The molecule has 0 aliphatic carbocycles. The molecule has 0 spiro atoms. The molecule has 0 bridgehead atoms. The molecular weight excluding hydrogens is 231 g/mol. The number of unbranched alkanes of at least 4 members (excludes halogenated alkanes) is 1. The van der Waals surface area contributed by atoms with Gasteiger partial charge in [-0.3, -0.25) is 4.79 Å². The molecular formula is C12H14ClFO2. The lowest BCUT2D eigenvalue weighted by Crippen LogP contribution is -2.13. The van der Waals surface area contributed by atoms with Gasteiger partial charge >= 0.3 is 5.97 Å². The minimum absolute atomic E-state index is 0.254. The number of rotatable bonds is 6. The smallest absolute Gasteiger partial charge is 0.311 e. The summed E-state index contributed by atoms with van der Waals surface area (Å²) in [4.78, 5) is 11.0. The van der Waals surface area contributed by atoms with E-state index < -0.39 is 17.7 Å². The molecule has 0 aliphatic heterocycles. The van der Waals surface area contributed by atoms with E-state index in [0.29, 0.717) is 18.7 Å². The van der Waals surface area contributed by atoms with E-state index in [2.05, 4.69) is 0 Å². The van der Waals surface area contributed by atoms with Crippen LogP contribution in [0.3, 0.4) is 0 Å². The molecule has 88 valence electrons. The van der Waals surface area contributed by atoms with Crippen LogP contribution in [0.15, 0.2) is 24.3 Å². The molecule has 1 aromatic carbocycles. The van der Waals surface area contributed by atoms with Crippen molar-refractivity contribution in [1.29, 1.82) is 0 Å². The van der Waals surface area contributed by atoms with Gasteiger partial charge < -0.3 is 5.11 Å². The number of benzene rings is 1. The van der Waals surface area contributed by atoms with Crippen molar-refractivity contribution in [3.8, 4) is 0 Å². The van der Waals surface area contributed by atoms with E-state index in [1.807, 2.05) is 0 Å². The fraction of sp³-hybridized carbons (Fsp3) is 0.417. The Bertz CT molecular complexity index is 355. The molecule has 4 heteroatoms. The van der Waals surface area contributed by atoms with E-state index in [1.165, 1.54) is 12.1 Å². The van der Waals surface area contributed by atoms with Crippen LogP contribution in [0.1, 0.15) is 30.7 Å². The molecule has 0 fully saturated rings. The largest absolute Gasteiger partial charge is 0.481 e. The molecule has 1 atom stereocenters. The van der Waals surface area contributed by atoms with Crippen LogP contribution in [-0.4, -0.2) is 17.0 Å². The SMILES string of the molecule is O=C(O)C(CCCCCl)c1ccccc1F. The number of halogens is 2. The maximum absolute atomic E-state index is 13.4. The minimum atomic E-state index is -0.986. The van der Waals surface area contributed by atoms with Crippen LogP contribution in [0.2, 0.25) is 0 Å². The van der Waals surface area contributed by atoms with Gasteiger partial charge in [0.05, 0.1) is 5.92 Å². The van der Waals surface area contributed by atoms with Crippen molar-refractivity contribution in [2.24, 2.45) is 0 Å². The number of carboxylic acid groups (broad SMARTS) is 1. The van der Waals surface area contributed by atoms with Crippen molar-refractivity contribution >= 4 is 17.6 Å². The molecule has 1 unspecified atom stereocenters. The predicted molar refractivity (Wildman–Crippen MR) is 61.3 cm³/mol. The van der Waals surface area contributed by atoms with E-state index in [4.69, 9.17) is 16.7 Å². The van der Waals surface area contributed by atoms with Crippen molar-refractivity contribution in [3.05, 3.63) is 35.6 Å². The molecule has 1 N–H and O–H groups in total. The summed E-state index contributed by atoms with van der Waals surface area (Å²) in [5, 5.41) is 9.05. The average Bonchev–Trinajstić information content (AvgIpc) is 2.25. The lowest BCUT2D eigenvalue weighted by atomic mass is 9.93. The van der Waals surface area contributed by atoms with Gasteiger partial charge in [0, 0.05) is 11.4 Å². The number of hydrogen-bond donors (Lipinski definition) is 1. The van der Waals surface area contributed by atoms with Gasteiger partial charge in [-0.2, -0.15) is 0 Å². The van der Waals surface area contributed by atoms with Crippen LogP contribution in [0.5, 0.6) is 0 Å². The van der Waals surface area contributed by atoms with Gasteiger partial charge in [0.25, 0.3) is 0 Å². The Morgan fingerprint density at radius 1 is 1.38 bits per heavy atom. The zero-order valence-corrected chi connectivity index (χ0v) is 9.58. The molecule has 0 radical (unpaired) electrons. The van der Waals surface area contributed by atoms with Crippen LogP contribution in [0.25, 0.3) is 0 Å². The Hall–Kier alpha value is -1.09. The third kappa shape index (κ3) is 3.49. The summed E-state index contributed by atoms with van der Waals surface area (Å²) >= 11 is 5.52. The van der Waals surface area contributed by atoms with Crippen molar-refractivity contribution in [2.75, 3.05) is 5.88 Å². The predicted octanol–water partition coefficient (Wildman–Crippen LogP) is 3.40. The average molecular weight is 245 g/mol. The van der Waals surface area contributed by atoms with Crippen molar-refractivity contribution in [1.82, 2.24) is 0 Å². The highest BCUT2D eigenvalue weighted by Crippen LogP contribution is 2.24. The second-order valence-electron chi connectivity index (χ2n) is 3.60. The molecule has 0 saturated carbocycles. The normalized spacial score (nSPS) is 12.4. The van der Waals surface area contributed by atoms with Gasteiger partial charge in [-0.25, -0.2) is 4.39 Å². The third-order valence-corrected chi connectivity index (χ3v) is 2.72. The first-order valence-corrected chi connectivity index (χ1v) is 5.73. The van der Waals surface area contributed by atoms with E-state index in [9.17, 15) is 9.18 Å². The first-order chi connectivity index (χ1) is 7.66. The molecule has 1 aromatic rings. The van der Waals surface area contributed by atoms with E-state index in [0.717, 1.165) is 6.42 Å². The Morgan fingerprint density at radius 3 is 2.62 bits per heavy atom. The Morgan fingerprint density at radius 2 is 2.06 bits per heavy atom. The first kappa shape index (κ1) is 13.0. The Labute approximate surface area is 99.0 Å². The van der Waals surface area contributed by atoms with Gasteiger partial charge in [0.15, 0.2) is 0 Å². The lowest BCUT2D eigenvalue weighted by Gasteiger charge is -2.12. The molecule has 2 nitrogen and oxygen atoms in total. The van der Waals surface area contributed by atoms with E-state index >= 15 is 0 Å². The molecule has 0 heterocycles. The van der Waals surface area contributed by atoms with Gasteiger partial charge in [0.1, 0.15) is 5.82 Å². The Balaban J connectivity index is 2.78. The highest BCUT2D eigenvalue weighted by Gasteiger charge is 2.21. The molecule has 0 aliphatic rings. The fourth-order valence-corrected chi connectivity index (χ4v) is 1.80. The van der Waals surface area contributed by atoms with Crippen LogP contribution >= 0.6 is 11.6 Å². The maximum Gasteiger partial charge on any atom is 0.311 e. The monoisotopic (exact) mass is 244 g/mol. The van der Waals surface area contributed by atoms with Crippen molar-refractivity contribution in [2.45, 2.75) is 25.2 Å². The van der Waals surface area contributed by atoms with Crippen LogP contribution in [0.4, 0.5) is 4.39 Å². The third-order valence-electron chi connectivity index (χ3n) is 2.46. The number of alkyl halides is 1. The summed E-state index contributed by atoms with van der Waals surface area (Å²) in [5.41, 5.74) is 0.254. The van der Waals surface area contributed by atoms with E-state index in [-0.39, 0.29) is 5.56 Å². The zero-order chi connectivity index (χ0) is 12.0. The second kappa shape index (κ2) is 6.48. The van der Waals surface area contributed by atoms with Crippen LogP contribution in [0, 0.1) is 5.82 Å². The molecule has 0 aromatic heterocycles.